The van der Waals surface area contributed by atoms with Crippen molar-refractivity contribution >= 4 is 16.7 Å². The van der Waals surface area contributed by atoms with Crippen LogP contribution in [0.25, 0.3) is 0 Å². The zero-order valence-corrected chi connectivity index (χ0v) is 12.4. The fourth-order valence-electron chi connectivity index (χ4n) is 2.70. The first-order chi connectivity index (χ1) is 9.81. The van der Waals surface area contributed by atoms with Crippen LogP contribution in [0.4, 0.5) is 5.13 Å². The van der Waals surface area contributed by atoms with Crippen LogP contribution in [0.15, 0.2) is 0 Å². The lowest BCUT2D eigenvalue weighted by Crippen LogP contribution is -2.18. The van der Waals surface area contributed by atoms with Crippen LogP contribution in [0.1, 0.15) is 62.0 Å². The first kappa shape index (κ1) is 12.3. The normalized spacial score (nSPS) is 19.6. The molecule has 1 aliphatic heterocycles. The summed E-state index contributed by atoms with van der Waals surface area (Å²) < 4.78 is 6.68. The average Bonchev–Trinajstić information content (AvgIpc) is 3.06. The van der Waals surface area contributed by atoms with Crippen molar-refractivity contribution in [2.75, 3.05) is 5.32 Å². The lowest BCUT2D eigenvalue weighted by molar-refractivity contribution is 0.500. The number of rotatable bonds is 4. The van der Waals surface area contributed by atoms with E-state index in [4.69, 9.17) is 0 Å². The van der Waals surface area contributed by atoms with Crippen LogP contribution in [0.3, 0.4) is 0 Å². The molecule has 2 aliphatic rings. The molecule has 0 amide bonds. The molecule has 2 aromatic heterocycles. The van der Waals surface area contributed by atoms with Gasteiger partial charge >= 0.3 is 0 Å². The number of anilines is 1. The highest BCUT2D eigenvalue weighted by Crippen LogP contribution is 2.39. The van der Waals surface area contributed by atoms with Gasteiger partial charge < -0.3 is 9.88 Å². The van der Waals surface area contributed by atoms with Gasteiger partial charge in [0.05, 0.1) is 6.04 Å². The van der Waals surface area contributed by atoms with Crippen molar-refractivity contribution in [1.82, 2.24) is 24.1 Å². The Morgan fingerprint density at radius 2 is 2.20 bits per heavy atom. The molecule has 106 valence electrons. The number of hydrogen-bond acceptors (Lipinski definition) is 6. The third-order valence-electron chi connectivity index (χ3n) is 4.00. The Hall–Kier alpha value is -1.50. The van der Waals surface area contributed by atoms with Crippen molar-refractivity contribution in [3.05, 3.63) is 17.5 Å². The Bertz CT molecular complexity index is 614. The first-order valence-electron chi connectivity index (χ1n) is 7.33. The number of hydrogen-bond donors (Lipinski definition) is 1. The monoisotopic (exact) mass is 290 g/mol. The second kappa shape index (κ2) is 4.80. The van der Waals surface area contributed by atoms with E-state index in [0.717, 1.165) is 35.6 Å². The van der Waals surface area contributed by atoms with Gasteiger partial charge in [-0.25, -0.2) is 4.98 Å². The summed E-state index contributed by atoms with van der Waals surface area (Å²) >= 11 is 1.45. The summed E-state index contributed by atoms with van der Waals surface area (Å²) in [4.78, 5) is 4.57. The summed E-state index contributed by atoms with van der Waals surface area (Å²) in [6.45, 7) is 3.15. The molecule has 6 nitrogen and oxygen atoms in total. The van der Waals surface area contributed by atoms with Crippen molar-refractivity contribution in [3.63, 3.8) is 0 Å². The van der Waals surface area contributed by atoms with Crippen LogP contribution >= 0.6 is 11.5 Å². The van der Waals surface area contributed by atoms with Crippen molar-refractivity contribution in [3.8, 4) is 0 Å². The van der Waals surface area contributed by atoms with Crippen molar-refractivity contribution < 1.29 is 0 Å². The largest absolute Gasteiger partial charge is 0.351 e. The van der Waals surface area contributed by atoms with E-state index < -0.39 is 0 Å². The molecule has 7 heteroatoms. The molecule has 0 spiro atoms. The summed E-state index contributed by atoms with van der Waals surface area (Å²) in [7, 11) is 0. The van der Waals surface area contributed by atoms with Gasteiger partial charge in [-0.3, -0.25) is 0 Å². The van der Waals surface area contributed by atoms with Gasteiger partial charge in [0.1, 0.15) is 11.6 Å². The van der Waals surface area contributed by atoms with Crippen LogP contribution in [0, 0.1) is 0 Å². The maximum atomic E-state index is 4.57. The van der Waals surface area contributed by atoms with E-state index in [9.17, 15) is 0 Å². The maximum absolute atomic E-state index is 4.57. The summed E-state index contributed by atoms with van der Waals surface area (Å²) in [5.41, 5.74) is 0. The van der Waals surface area contributed by atoms with Crippen molar-refractivity contribution in [2.24, 2.45) is 0 Å². The molecule has 0 aromatic carbocycles. The van der Waals surface area contributed by atoms with E-state index in [1.165, 1.54) is 37.2 Å². The molecule has 1 fully saturated rings. The minimum Gasteiger partial charge on any atom is -0.351 e. The molecule has 1 atom stereocenters. The van der Waals surface area contributed by atoms with Gasteiger partial charge in [0.2, 0.25) is 5.13 Å². The quantitative estimate of drug-likeness (QED) is 0.937. The smallest absolute Gasteiger partial charge is 0.203 e. The molecule has 20 heavy (non-hydrogen) atoms. The average molecular weight is 290 g/mol. The van der Waals surface area contributed by atoms with Gasteiger partial charge in [0.25, 0.3) is 0 Å². The topological polar surface area (TPSA) is 68.5 Å². The van der Waals surface area contributed by atoms with Crippen LogP contribution in [0.2, 0.25) is 0 Å². The van der Waals surface area contributed by atoms with Crippen LogP contribution in [-0.2, 0) is 13.0 Å². The van der Waals surface area contributed by atoms with E-state index in [1.807, 2.05) is 0 Å². The second-order valence-electron chi connectivity index (χ2n) is 5.68. The Kier molecular flexibility index (Phi) is 2.94. The summed E-state index contributed by atoms with van der Waals surface area (Å²) in [6.07, 6.45) is 5.97. The van der Waals surface area contributed by atoms with E-state index in [0.29, 0.717) is 5.92 Å². The molecule has 4 rings (SSSR count). The third kappa shape index (κ3) is 2.19. The number of aromatic nitrogens is 5. The van der Waals surface area contributed by atoms with Gasteiger partial charge in [-0.2, -0.15) is 4.37 Å². The van der Waals surface area contributed by atoms with Gasteiger partial charge in [-0.1, -0.05) is 0 Å². The molecular formula is C13H18N6S. The predicted molar refractivity (Wildman–Crippen MR) is 76.9 cm³/mol. The fraction of sp³-hybridized carbons (Fsp3) is 0.692. The molecule has 0 saturated heterocycles. The molecule has 1 unspecified atom stereocenters. The standard InChI is InChI=1S/C13H18N6S/c1-8(12-17-16-10-4-2-3-7-19(10)12)14-13-15-11(18-20-13)9-5-6-9/h8-9H,2-7H2,1H3,(H,14,15,18). The highest BCUT2D eigenvalue weighted by atomic mass is 32.1. The Balaban J connectivity index is 1.51. The van der Waals surface area contributed by atoms with Gasteiger partial charge in [-0.05, 0) is 32.6 Å². The maximum Gasteiger partial charge on any atom is 0.203 e. The highest BCUT2D eigenvalue weighted by molar-refractivity contribution is 7.09. The Labute approximate surface area is 121 Å². The minimum atomic E-state index is 0.120. The van der Waals surface area contributed by atoms with Gasteiger partial charge in [0, 0.05) is 30.4 Å². The van der Waals surface area contributed by atoms with Crippen molar-refractivity contribution in [1.29, 1.82) is 0 Å². The Morgan fingerprint density at radius 3 is 3.05 bits per heavy atom. The molecule has 1 aliphatic carbocycles. The number of nitrogens with one attached hydrogen (secondary N) is 1. The van der Waals surface area contributed by atoms with E-state index in [2.05, 4.69) is 36.4 Å². The lowest BCUT2D eigenvalue weighted by atomic mass is 10.1. The van der Waals surface area contributed by atoms with Gasteiger partial charge in [0.15, 0.2) is 5.82 Å². The summed E-state index contributed by atoms with van der Waals surface area (Å²) in [5, 5.41) is 13.0. The second-order valence-corrected chi connectivity index (χ2v) is 6.43. The van der Waals surface area contributed by atoms with E-state index in [-0.39, 0.29) is 6.04 Å². The fourth-order valence-corrected chi connectivity index (χ4v) is 3.44. The molecule has 0 bridgehead atoms. The zero-order chi connectivity index (χ0) is 13.5. The molecule has 3 heterocycles. The number of aryl methyl sites for hydroxylation is 1. The molecule has 2 aromatic rings. The highest BCUT2D eigenvalue weighted by Gasteiger charge is 2.28. The zero-order valence-electron chi connectivity index (χ0n) is 11.5. The van der Waals surface area contributed by atoms with Crippen molar-refractivity contribution in [2.45, 2.75) is 57.5 Å². The molecule has 1 N–H and O–H groups in total. The Morgan fingerprint density at radius 1 is 1.30 bits per heavy atom. The lowest BCUT2D eigenvalue weighted by Gasteiger charge is -2.18. The van der Waals surface area contributed by atoms with Crippen LogP contribution in [0.5, 0.6) is 0 Å². The summed E-state index contributed by atoms with van der Waals surface area (Å²) in [5.74, 6) is 3.75. The third-order valence-corrected chi connectivity index (χ3v) is 4.66. The molecular weight excluding hydrogens is 272 g/mol. The van der Waals surface area contributed by atoms with Crippen LogP contribution < -0.4 is 5.32 Å². The van der Waals surface area contributed by atoms with E-state index >= 15 is 0 Å². The first-order valence-corrected chi connectivity index (χ1v) is 8.10. The minimum absolute atomic E-state index is 0.120. The molecule has 0 radical (unpaired) electrons. The van der Waals surface area contributed by atoms with Crippen LogP contribution in [-0.4, -0.2) is 24.1 Å². The predicted octanol–water partition coefficient (Wildman–Crippen LogP) is 2.52. The SMILES string of the molecule is CC(Nc1nc(C2CC2)ns1)c1nnc2n1CCCC2. The van der Waals surface area contributed by atoms with Gasteiger partial charge in [-0.15, -0.1) is 10.2 Å². The summed E-state index contributed by atoms with van der Waals surface area (Å²) in [6, 6.07) is 0.120. The number of nitrogens with zero attached hydrogens (tertiary/aromatic N) is 5. The number of fused-ring (bicyclic) bond motifs is 1. The molecule has 1 saturated carbocycles. The van der Waals surface area contributed by atoms with E-state index in [1.54, 1.807) is 0 Å².